The highest BCUT2D eigenvalue weighted by atomic mass is 16.7. The number of aliphatic hydroxyl groups is 1. The second-order valence-electron chi connectivity index (χ2n) is 15.8. The average Bonchev–Trinajstić information content (AvgIpc) is 3.65. The van der Waals surface area contributed by atoms with Crippen LogP contribution in [0.3, 0.4) is 0 Å². The molecule has 0 bridgehead atoms. The lowest BCUT2D eigenvalue weighted by atomic mass is 9.98. The number of ether oxygens (including phenoxy) is 4. The summed E-state index contributed by atoms with van der Waals surface area (Å²) in [6, 6.07) is 22.3. The van der Waals surface area contributed by atoms with E-state index >= 15 is 0 Å². The number of esters is 1. The molecule has 0 unspecified atom stereocenters. The van der Waals surface area contributed by atoms with E-state index in [1.165, 1.54) is 12.0 Å². The third-order valence-electron chi connectivity index (χ3n) is 10.6. The zero-order valence-corrected chi connectivity index (χ0v) is 35.2. The predicted octanol–water partition coefficient (Wildman–Crippen LogP) is 2.58. The van der Waals surface area contributed by atoms with E-state index in [0.29, 0.717) is 30.9 Å². The number of hydrogen-bond donors (Lipinski definition) is 5. The van der Waals surface area contributed by atoms with E-state index in [1.54, 1.807) is 29.7 Å². The molecule has 0 spiro atoms. The molecular formula is C44H57N7O11. The van der Waals surface area contributed by atoms with Crippen molar-refractivity contribution in [2.45, 2.75) is 108 Å². The Labute approximate surface area is 360 Å². The monoisotopic (exact) mass is 859 g/mol. The average molecular weight is 860 g/mol. The van der Waals surface area contributed by atoms with Gasteiger partial charge in [-0.2, -0.15) is 0 Å². The number of fused-ring (bicyclic) bond motifs is 1. The third kappa shape index (κ3) is 14.0. The van der Waals surface area contributed by atoms with Gasteiger partial charge in [0.1, 0.15) is 36.6 Å². The molecule has 0 aromatic heterocycles. The SMILES string of the molecule is COC(=O)[C@H](CCCN=C(N)N[N+](=O)[O-])NC(=O)[C@H]1C[C@H]2OC[C@H](OCc3ccccc3)C[C@H]2N1C(=O)[C@@H](CC(C)C)NC(=O)[C@H](O)Cc1ccc(OCc2ccccc2)cc1. The molecule has 2 heterocycles. The predicted molar refractivity (Wildman–Crippen MR) is 227 cm³/mol. The highest BCUT2D eigenvalue weighted by Crippen LogP contribution is 2.36. The summed E-state index contributed by atoms with van der Waals surface area (Å²) < 4.78 is 23.3. The smallest absolute Gasteiger partial charge is 0.328 e. The van der Waals surface area contributed by atoms with Gasteiger partial charge in [0.05, 0.1) is 38.6 Å². The number of nitrogens with two attached hydrogens (primary N) is 1. The summed E-state index contributed by atoms with van der Waals surface area (Å²) in [4.78, 5) is 71.6. The molecule has 18 heteroatoms. The molecule has 3 amide bonds. The maximum Gasteiger partial charge on any atom is 0.328 e. The molecule has 334 valence electrons. The van der Waals surface area contributed by atoms with Crippen molar-refractivity contribution in [3.8, 4) is 5.75 Å². The van der Waals surface area contributed by atoms with E-state index in [2.05, 4.69) is 15.6 Å². The van der Waals surface area contributed by atoms with Crippen LogP contribution in [0.5, 0.6) is 5.75 Å². The summed E-state index contributed by atoms with van der Waals surface area (Å²) in [6.45, 7) is 4.70. The number of aliphatic hydroxyl groups excluding tert-OH is 1. The van der Waals surface area contributed by atoms with Gasteiger partial charge in [-0.15, -0.1) is 0 Å². The Morgan fingerprint density at radius 2 is 1.60 bits per heavy atom. The Bertz CT molecular complexity index is 1970. The van der Waals surface area contributed by atoms with Gasteiger partial charge in [-0.3, -0.25) is 14.4 Å². The van der Waals surface area contributed by atoms with Crippen molar-refractivity contribution in [3.63, 3.8) is 0 Å². The number of carbonyl (C=O) groups is 4. The highest BCUT2D eigenvalue weighted by molar-refractivity contribution is 5.95. The topological polar surface area (TPSA) is 246 Å². The fraction of sp³-hybridized carbons (Fsp3) is 0.477. The zero-order valence-electron chi connectivity index (χ0n) is 35.2. The van der Waals surface area contributed by atoms with E-state index in [1.807, 2.05) is 74.5 Å². The summed E-state index contributed by atoms with van der Waals surface area (Å²) in [5, 5.41) is 26.4. The molecule has 3 aromatic rings. The maximum atomic E-state index is 14.8. The first-order valence-corrected chi connectivity index (χ1v) is 20.7. The number of nitrogens with zero attached hydrogens (tertiary/aromatic N) is 3. The Morgan fingerprint density at radius 1 is 0.935 bits per heavy atom. The van der Waals surface area contributed by atoms with Gasteiger partial charge in [-0.25, -0.2) is 19.9 Å². The van der Waals surface area contributed by atoms with Crippen LogP contribution in [0.25, 0.3) is 0 Å². The molecule has 7 atom stereocenters. The van der Waals surface area contributed by atoms with Crippen LogP contribution in [0, 0.1) is 16.0 Å². The number of carbonyl (C=O) groups excluding carboxylic acids is 4. The van der Waals surface area contributed by atoms with Crippen LogP contribution in [0.15, 0.2) is 89.9 Å². The van der Waals surface area contributed by atoms with Crippen molar-refractivity contribution in [1.82, 2.24) is 21.0 Å². The Balaban J connectivity index is 1.31. The number of methoxy groups -OCH3 is 1. The van der Waals surface area contributed by atoms with E-state index < -0.39 is 77.2 Å². The number of guanidine groups is 1. The molecule has 0 radical (unpaired) electrons. The number of likely N-dealkylation sites (tertiary alicyclic amines) is 1. The van der Waals surface area contributed by atoms with Crippen molar-refractivity contribution in [2.75, 3.05) is 20.3 Å². The van der Waals surface area contributed by atoms with Gasteiger partial charge in [0.2, 0.25) is 17.7 Å². The number of amides is 3. The molecular weight excluding hydrogens is 803 g/mol. The Morgan fingerprint density at radius 3 is 2.23 bits per heavy atom. The lowest BCUT2D eigenvalue weighted by molar-refractivity contribution is -0.525. The van der Waals surface area contributed by atoms with Gasteiger partial charge in [0.25, 0.3) is 5.96 Å². The van der Waals surface area contributed by atoms with Gasteiger partial charge in [-0.05, 0) is 60.4 Å². The summed E-state index contributed by atoms with van der Waals surface area (Å²) >= 11 is 0. The minimum Gasteiger partial charge on any atom is -0.489 e. The first-order chi connectivity index (χ1) is 29.8. The number of nitrogens with one attached hydrogen (secondary N) is 3. The van der Waals surface area contributed by atoms with Crippen molar-refractivity contribution < 1.29 is 48.3 Å². The third-order valence-corrected chi connectivity index (χ3v) is 10.6. The quantitative estimate of drug-likeness (QED) is 0.0259. The normalized spacial score (nSPS) is 20.0. The van der Waals surface area contributed by atoms with E-state index in [0.717, 1.165) is 11.1 Å². The van der Waals surface area contributed by atoms with Gasteiger partial charge in [0, 0.05) is 19.4 Å². The molecule has 2 aliphatic heterocycles. The Kier molecular flexibility index (Phi) is 17.6. The van der Waals surface area contributed by atoms with E-state index in [9.17, 15) is 34.4 Å². The van der Waals surface area contributed by atoms with Crippen LogP contribution in [0.2, 0.25) is 0 Å². The van der Waals surface area contributed by atoms with Gasteiger partial charge in [-0.1, -0.05) is 92.1 Å². The van der Waals surface area contributed by atoms with Crippen molar-refractivity contribution in [2.24, 2.45) is 16.6 Å². The molecule has 0 aliphatic carbocycles. The molecule has 2 fully saturated rings. The van der Waals surface area contributed by atoms with Crippen molar-refractivity contribution >= 4 is 29.7 Å². The van der Waals surface area contributed by atoms with Gasteiger partial charge >= 0.3 is 5.97 Å². The van der Waals surface area contributed by atoms with Crippen molar-refractivity contribution in [1.29, 1.82) is 0 Å². The number of nitro groups is 1. The summed E-state index contributed by atoms with van der Waals surface area (Å²) in [5.74, 6) is -2.56. The Hall–Kier alpha value is -6.11. The molecule has 0 saturated carbocycles. The number of aliphatic imine (C=N–C) groups is 1. The van der Waals surface area contributed by atoms with Crippen LogP contribution >= 0.6 is 0 Å². The number of rotatable bonds is 21. The van der Waals surface area contributed by atoms with Crippen LogP contribution in [-0.4, -0.2) is 107 Å². The minimum absolute atomic E-state index is 0.00332. The number of hydrogen-bond acceptors (Lipinski definition) is 12. The molecule has 2 aliphatic rings. The van der Waals surface area contributed by atoms with Crippen molar-refractivity contribution in [3.05, 3.63) is 112 Å². The second kappa shape index (κ2) is 23.2. The van der Waals surface area contributed by atoms with Crippen LogP contribution < -0.4 is 26.5 Å². The number of hydrazine groups is 1. The minimum atomic E-state index is -1.50. The molecule has 5 rings (SSSR count). The summed E-state index contributed by atoms with van der Waals surface area (Å²) in [6.07, 6.45) is -1.64. The first-order valence-electron chi connectivity index (χ1n) is 20.7. The maximum absolute atomic E-state index is 14.8. The molecule has 6 N–H and O–H groups in total. The summed E-state index contributed by atoms with van der Waals surface area (Å²) in [5.41, 5.74) is 9.88. The largest absolute Gasteiger partial charge is 0.489 e. The molecule has 18 nitrogen and oxygen atoms in total. The lowest BCUT2D eigenvalue weighted by Gasteiger charge is -2.39. The summed E-state index contributed by atoms with van der Waals surface area (Å²) in [7, 11) is 1.17. The molecule has 62 heavy (non-hydrogen) atoms. The zero-order chi connectivity index (χ0) is 44.6. The van der Waals surface area contributed by atoms with Gasteiger partial charge < -0.3 is 45.3 Å². The fourth-order valence-corrected chi connectivity index (χ4v) is 7.57. The highest BCUT2D eigenvalue weighted by Gasteiger charge is 2.52. The van der Waals surface area contributed by atoms with Crippen LogP contribution in [0.1, 0.15) is 62.6 Å². The second-order valence-corrected chi connectivity index (χ2v) is 15.8. The van der Waals surface area contributed by atoms with Gasteiger partial charge in [0.15, 0.2) is 5.03 Å². The van der Waals surface area contributed by atoms with Crippen LogP contribution in [-0.2, 0) is 53.0 Å². The number of benzene rings is 3. The van der Waals surface area contributed by atoms with E-state index in [-0.39, 0.29) is 51.2 Å². The first kappa shape index (κ1) is 46.9. The van der Waals surface area contributed by atoms with Crippen LogP contribution in [0.4, 0.5) is 0 Å². The fourth-order valence-electron chi connectivity index (χ4n) is 7.57. The molecule has 3 aromatic carbocycles. The molecule has 2 saturated heterocycles. The lowest BCUT2D eigenvalue weighted by Crippen LogP contribution is -2.59. The standard InChI is InChI=1S/C44H57N7O11/c1-28(2)21-35(48-41(54)38(52)22-29-16-18-32(19-17-29)60-25-30-11-6-4-7-12-30)42(55)50-36-23-33(61-26-31-13-8-5-9-14-31)27-62-39(36)24-37(50)40(53)47-34(43(56)59-3)15-10-20-46-44(45)49-51(57)58/h4-9,11-14,16-19,28,33-39,52H,10,15,20-27H2,1-3H3,(H,47,53)(H,48,54)(H3,45,46,49)/t33-,34+,35-,36-,37-,38-,39-/m1/s1. The van der Waals surface area contributed by atoms with E-state index in [4.69, 9.17) is 24.7 Å².